The van der Waals surface area contributed by atoms with E-state index in [0.29, 0.717) is 12.6 Å². The molecule has 1 heterocycles. The van der Waals surface area contributed by atoms with Gasteiger partial charge in [-0.2, -0.15) is 0 Å². The van der Waals surface area contributed by atoms with Crippen molar-refractivity contribution in [3.63, 3.8) is 0 Å². The Morgan fingerprint density at radius 1 is 1.36 bits per heavy atom. The van der Waals surface area contributed by atoms with Crippen molar-refractivity contribution in [1.82, 2.24) is 10.2 Å². The van der Waals surface area contributed by atoms with Gasteiger partial charge in [0.05, 0.1) is 12.5 Å². The second kappa shape index (κ2) is 8.91. The number of piperidine rings is 1. The predicted molar refractivity (Wildman–Crippen MR) is 88.5 cm³/mol. The van der Waals surface area contributed by atoms with Gasteiger partial charge in [0.1, 0.15) is 0 Å². The lowest BCUT2D eigenvalue weighted by Crippen LogP contribution is -2.43. The summed E-state index contributed by atoms with van der Waals surface area (Å²) in [7, 11) is 0. The summed E-state index contributed by atoms with van der Waals surface area (Å²) in [6, 6.07) is 10.0. The van der Waals surface area contributed by atoms with Gasteiger partial charge in [-0.05, 0) is 31.4 Å². The van der Waals surface area contributed by atoms with Crippen molar-refractivity contribution in [3.05, 3.63) is 35.9 Å². The average Bonchev–Trinajstić information content (AvgIpc) is 2.56. The molecule has 0 aromatic heterocycles. The average molecular weight is 304 g/mol. The van der Waals surface area contributed by atoms with Crippen LogP contribution in [0.15, 0.2) is 30.3 Å². The van der Waals surface area contributed by atoms with E-state index in [1.54, 1.807) is 0 Å². The number of amides is 1. The minimum atomic E-state index is -0.723. The molecule has 2 N–H and O–H groups in total. The fourth-order valence-corrected chi connectivity index (χ4v) is 3.20. The van der Waals surface area contributed by atoms with Gasteiger partial charge in [0.2, 0.25) is 5.91 Å². The molecular formula is C18H28N2O2. The maximum atomic E-state index is 11.9. The lowest BCUT2D eigenvalue weighted by molar-refractivity contribution is -0.123. The molecule has 0 spiro atoms. The number of likely N-dealkylation sites (tertiary alicyclic amines) is 1. The molecule has 4 nitrogen and oxygen atoms in total. The summed E-state index contributed by atoms with van der Waals surface area (Å²) >= 11 is 0. The Morgan fingerprint density at radius 3 is 2.86 bits per heavy atom. The Kier molecular flexibility index (Phi) is 6.87. The number of rotatable bonds is 7. The number of benzene rings is 1. The van der Waals surface area contributed by atoms with Crippen LogP contribution in [-0.2, 0) is 4.79 Å². The molecule has 2 unspecified atom stereocenters. The van der Waals surface area contributed by atoms with Gasteiger partial charge in [-0.25, -0.2) is 0 Å². The Morgan fingerprint density at radius 2 is 2.14 bits per heavy atom. The first-order chi connectivity index (χ1) is 10.7. The number of hydrogen-bond donors (Lipinski definition) is 2. The molecule has 1 aliphatic heterocycles. The lowest BCUT2D eigenvalue weighted by atomic mass is 10.0. The fourth-order valence-electron chi connectivity index (χ4n) is 3.20. The van der Waals surface area contributed by atoms with Crippen molar-refractivity contribution < 1.29 is 9.90 Å². The highest BCUT2D eigenvalue weighted by Crippen LogP contribution is 2.19. The minimum absolute atomic E-state index is 0.0820. The fraction of sp³-hybridized carbons (Fsp3) is 0.611. The summed E-state index contributed by atoms with van der Waals surface area (Å²) in [5.74, 6) is -0.0820. The Labute approximate surface area is 133 Å². The topological polar surface area (TPSA) is 52.6 Å². The van der Waals surface area contributed by atoms with Crippen molar-refractivity contribution in [1.29, 1.82) is 0 Å². The standard InChI is InChI=1S/C18H28N2O2/c1-2-16-10-6-7-12-20(16)13-11-19-18(22)14-17(21)15-8-4-3-5-9-15/h3-5,8-9,16-17,21H,2,6-7,10-14H2,1H3,(H,19,22). The van der Waals surface area contributed by atoms with Crippen LogP contribution in [0.3, 0.4) is 0 Å². The van der Waals surface area contributed by atoms with Crippen LogP contribution in [-0.4, -0.2) is 41.6 Å². The first-order valence-corrected chi connectivity index (χ1v) is 8.44. The Bertz CT molecular complexity index is 450. The highest BCUT2D eigenvalue weighted by atomic mass is 16.3. The summed E-state index contributed by atoms with van der Waals surface area (Å²) in [5.41, 5.74) is 0.791. The van der Waals surface area contributed by atoms with Crippen LogP contribution in [0.4, 0.5) is 0 Å². The smallest absolute Gasteiger partial charge is 0.223 e. The molecule has 1 fully saturated rings. The summed E-state index contributed by atoms with van der Waals surface area (Å²) < 4.78 is 0. The van der Waals surface area contributed by atoms with Crippen molar-refractivity contribution in [2.45, 2.75) is 51.2 Å². The third kappa shape index (κ3) is 5.11. The van der Waals surface area contributed by atoms with Gasteiger partial charge in [-0.1, -0.05) is 43.7 Å². The van der Waals surface area contributed by atoms with Gasteiger partial charge >= 0.3 is 0 Å². The van der Waals surface area contributed by atoms with Gasteiger partial charge in [0, 0.05) is 19.1 Å². The van der Waals surface area contributed by atoms with E-state index < -0.39 is 6.10 Å². The molecule has 1 aromatic carbocycles. The Hall–Kier alpha value is -1.39. The van der Waals surface area contributed by atoms with E-state index in [1.165, 1.54) is 25.7 Å². The first kappa shape index (κ1) is 17.0. The molecule has 2 rings (SSSR count). The van der Waals surface area contributed by atoms with E-state index in [9.17, 15) is 9.90 Å². The van der Waals surface area contributed by atoms with Gasteiger partial charge in [-0.3, -0.25) is 9.69 Å². The van der Waals surface area contributed by atoms with Crippen LogP contribution in [0.2, 0.25) is 0 Å². The number of aliphatic hydroxyl groups excluding tert-OH is 1. The summed E-state index contributed by atoms with van der Waals surface area (Å²) in [6.45, 7) is 4.95. The second-order valence-electron chi connectivity index (χ2n) is 6.07. The predicted octanol–water partition coefficient (Wildman–Crippen LogP) is 2.49. The molecule has 2 atom stereocenters. The number of carbonyl (C=O) groups is 1. The van der Waals surface area contributed by atoms with Crippen molar-refractivity contribution in [2.24, 2.45) is 0 Å². The van der Waals surface area contributed by atoms with Crippen LogP contribution >= 0.6 is 0 Å². The Balaban J connectivity index is 1.69. The molecular weight excluding hydrogens is 276 g/mol. The third-order valence-electron chi connectivity index (χ3n) is 4.50. The van der Waals surface area contributed by atoms with Gasteiger partial charge < -0.3 is 10.4 Å². The quantitative estimate of drug-likeness (QED) is 0.814. The number of aliphatic hydroxyl groups is 1. The van der Waals surface area contributed by atoms with E-state index in [4.69, 9.17) is 0 Å². The second-order valence-corrected chi connectivity index (χ2v) is 6.07. The summed E-state index contributed by atoms with van der Waals surface area (Å²) in [5, 5.41) is 13.0. The number of hydrogen-bond acceptors (Lipinski definition) is 3. The monoisotopic (exact) mass is 304 g/mol. The lowest BCUT2D eigenvalue weighted by Gasteiger charge is -2.35. The molecule has 1 aromatic rings. The SMILES string of the molecule is CCC1CCCCN1CCNC(=O)CC(O)c1ccccc1. The molecule has 4 heteroatoms. The zero-order valence-corrected chi connectivity index (χ0v) is 13.5. The zero-order chi connectivity index (χ0) is 15.8. The molecule has 0 radical (unpaired) electrons. The molecule has 1 saturated heterocycles. The third-order valence-corrected chi connectivity index (χ3v) is 4.50. The van der Waals surface area contributed by atoms with Crippen LogP contribution in [0.1, 0.15) is 50.7 Å². The molecule has 122 valence electrons. The number of carbonyl (C=O) groups excluding carboxylic acids is 1. The first-order valence-electron chi connectivity index (χ1n) is 8.44. The molecule has 1 amide bonds. The van der Waals surface area contributed by atoms with Crippen molar-refractivity contribution >= 4 is 5.91 Å². The van der Waals surface area contributed by atoms with Gasteiger partial charge in [0.15, 0.2) is 0 Å². The van der Waals surface area contributed by atoms with Gasteiger partial charge in [0.25, 0.3) is 0 Å². The minimum Gasteiger partial charge on any atom is -0.388 e. The molecule has 0 bridgehead atoms. The van der Waals surface area contributed by atoms with Crippen LogP contribution in [0, 0.1) is 0 Å². The van der Waals surface area contributed by atoms with Crippen LogP contribution in [0.5, 0.6) is 0 Å². The van der Waals surface area contributed by atoms with E-state index in [0.717, 1.165) is 18.7 Å². The summed E-state index contributed by atoms with van der Waals surface area (Å²) in [4.78, 5) is 14.4. The maximum Gasteiger partial charge on any atom is 0.223 e. The highest BCUT2D eigenvalue weighted by Gasteiger charge is 2.20. The largest absolute Gasteiger partial charge is 0.388 e. The van der Waals surface area contributed by atoms with Gasteiger partial charge in [-0.15, -0.1) is 0 Å². The van der Waals surface area contributed by atoms with E-state index in [1.807, 2.05) is 30.3 Å². The molecule has 1 aliphatic rings. The summed E-state index contributed by atoms with van der Waals surface area (Å²) in [6.07, 6.45) is 4.44. The van der Waals surface area contributed by atoms with Crippen LogP contribution in [0.25, 0.3) is 0 Å². The van der Waals surface area contributed by atoms with E-state index in [2.05, 4.69) is 17.1 Å². The molecule has 22 heavy (non-hydrogen) atoms. The molecule has 0 aliphatic carbocycles. The van der Waals surface area contributed by atoms with Crippen molar-refractivity contribution in [2.75, 3.05) is 19.6 Å². The number of nitrogens with zero attached hydrogens (tertiary/aromatic N) is 1. The number of nitrogens with one attached hydrogen (secondary N) is 1. The molecule has 0 saturated carbocycles. The normalized spacial score (nSPS) is 20.5. The highest BCUT2D eigenvalue weighted by molar-refractivity contribution is 5.76. The zero-order valence-electron chi connectivity index (χ0n) is 13.5. The van der Waals surface area contributed by atoms with E-state index in [-0.39, 0.29) is 12.3 Å². The maximum absolute atomic E-state index is 11.9. The van der Waals surface area contributed by atoms with Crippen LogP contribution < -0.4 is 5.32 Å². The van der Waals surface area contributed by atoms with Crippen molar-refractivity contribution in [3.8, 4) is 0 Å². The van der Waals surface area contributed by atoms with E-state index >= 15 is 0 Å².